The molecule has 0 aliphatic heterocycles. The highest BCUT2D eigenvalue weighted by atomic mass is 32.1. The van der Waals surface area contributed by atoms with Crippen LogP contribution in [0, 0.1) is 0 Å². The minimum Gasteiger partial charge on any atom is -0.375 e. The Balaban J connectivity index is 2.30. The molecule has 15 heavy (non-hydrogen) atoms. The van der Waals surface area contributed by atoms with Crippen LogP contribution in [0.2, 0.25) is 0 Å². The lowest BCUT2D eigenvalue weighted by molar-refractivity contribution is 0.247. The van der Waals surface area contributed by atoms with Crippen molar-refractivity contribution in [3.05, 3.63) is 11.1 Å². The molecule has 1 heterocycles. The van der Waals surface area contributed by atoms with E-state index in [9.17, 15) is 0 Å². The highest BCUT2D eigenvalue weighted by Gasteiger charge is 2.08. The second-order valence-corrected chi connectivity index (χ2v) is 4.94. The molecule has 0 aliphatic rings. The fourth-order valence-electron chi connectivity index (χ4n) is 1.59. The lowest BCUT2D eigenvalue weighted by Gasteiger charge is -2.23. The first-order valence-electron chi connectivity index (χ1n) is 5.53. The van der Waals surface area contributed by atoms with Crippen LogP contribution >= 0.6 is 11.3 Å². The Bertz CT molecular complexity index is 285. The topological polar surface area (TPSA) is 42.1 Å². The molecule has 0 aromatic carbocycles. The van der Waals surface area contributed by atoms with Gasteiger partial charge in [-0.1, -0.05) is 13.3 Å². The Hall–Kier alpha value is -0.610. The van der Waals surface area contributed by atoms with Crippen molar-refractivity contribution >= 4 is 16.5 Å². The van der Waals surface area contributed by atoms with Crippen molar-refractivity contribution in [3.63, 3.8) is 0 Å². The zero-order valence-corrected chi connectivity index (χ0v) is 10.7. The first-order valence-corrected chi connectivity index (χ1v) is 6.41. The number of thiazole rings is 1. The van der Waals surface area contributed by atoms with Gasteiger partial charge in [0.2, 0.25) is 0 Å². The van der Waals surface area contributed by atoms with Crippen molar-refractivity contribution in [2.75, 3.05) is 19.3 Å². The van der Waals surface area contributed by atoms with Crippen LogP contribution in [-0.2, 0) is 6.42 Å². The minimum atomic E-state index is 0.658. The van der Waals surface area contributed by atoms with Gasteiger partial charge in [0.05, 0.1) is 5.69 Å². The summed E-state index contributed by atoms with van der Waals surface area (Å²) in [5.74, 6) is 0. The molecule has 1 rings (SSSR count). The number of hydrogen-bond acceptors (Lipinski definition) is 4. The molecular weight excluding hydrogens is 206 g/mol. The van der Waals surface area contributed by atoms with E-state index in [1.165, 1.54) is 24.2 Å². The van der Waals surface area contributed by atoms with Crippen molar-refractivity contribution in [1.29, 1.82) is 0 Å². The van der Waals surface area contributed by atoms with Gasteiger partial charge in [0.15, 0.2) is 5.13 Å². The summed E-state index contributed by atoms with van der Waals surface area (Å²) in [6.45, 7) is 5.56. The second-order valence-electron chi connectivity index (χ2n) is 4.05. The van der Waals surface area contributed by atoms with Crippen LogP contribution in [-0.4, -0.2) is 29.5 Å². The van der Waals surface area contributed by atoms with Crippen molar-refractivity contribution in [1.82, 2.24) is 9.88 Å². The summed E-state index contributed by atoms with van der Waals surface area (Å²) >= 11 is 1.52. The molecular formula is C11H21N3S. The third kappa shape index (κ3) is 4.18. The molecule has 1 aromatic rings. The molecule has 1 aromatic heterocycles. The summed E-state index contributed by atoms with van der Waals surface area (Å²) in [6.07, 6.45) is 3.50. The first kappa shape index (κ1) is 12.5. The Morgan fingerprint density at radius 1 is 1.60 bits per heavy atom. The normalized spacial score (nSPS) is 13.3. The number of likely N-dealkylation sites (N-methyl/N-ethyl adjacent to an activating group) is 1. The second kappa shape index (κ2) is 6.08. The van der Waals surface area contributed by atoms with Crippen LogP contribution < -0.4 is 5.73 Å². The molecule has 0 saturated heterocycles. The quantitative estimate of drug-likeness (QED) is 0.811. The van der Waals surface area contributed by atoms with E-state index >= 15 is 0 Å². The number of anilines is 1. The van der Waals surface area contributed by atoms with Gasteiger partial charge < -0.3 is 10.6 Å². The maximum atomic E-state index is 5.59. The molecule has 4 heteroatoms. The van der Waals surface area contributed by atoms with Gasteiger partial charge in [-0.15, -0.1) is 11.3 Å². The SMILES string of the molecule is CCCC(C)N(C)CCc1csc(N)n1. The Kier molecular flexibility index (Phi) is 5.05. The number of nitrogens with zero attached hydrogens (tertiary/aromatic N) is 2. The number of aromatic nitrogens is 1. The first-order chi connectivity index (χ1) is 7.13. The van der Waals surface area contributed by atoms with Crippen molar-refractivity contribution < 1.29 is 0 Å². The summed E-state index contributed by atoms with van der Waals surface area (Å²) in [5.41, 5.74) is 6.70. The predicted octanol–water partition coefficient (Wildman–Crippen LogP) is 2.39. The number of nitrogen functional groups attached to an aromatic ring is 1. The van der Waals surface area contributed by atoms with Crippen molar-refractivity contribution in [2.24, 2.45) is 0 Å². The smallest absolute Gasteiger partial charge is 0.180 e. The van der Waals surface area contributed by atoms with Gasteiger partial charge in [0.1, 0.15) is 0 Å². The van der Waals surface area contributed by atoms with E-state index in [4.69, 9.17) is 5.73 Å². The molecule has 86 valence electrons. The van der Waals surface area contributed by atoms with Crippen molar-refractivity contribution in [2.45, 2.75) is 39.2 Å². The van der Waals surface area contributed by atoms with Gasteiger partial charge in [-0.25, -0.2) is 4.98 Å². The van der Waals surface area contributed by atoms with Crippen LogP contribution in [0.4, 0.5) is 5.13 Å². The molecule has 1 atom stereocenters. The third-order valence-corrected chi connectivity index (χ3v) is 3.47. The van der Waals surface area contributed by atoms with Crippen LogP contribution in [0.1, 0.15) is 32.4 Å². The number of rotatable bonds is 6. The van der Waals surface area contributed by atoms with Crippen LogP contribution in [0.15, 0.2) is 5.38 Å². The van der Waals surface area contributed by atoms with E-state index in [0.717, 1.165) is 18.7 Å². The van der Waals surface area contributed by atoms with Crippen LogP contribution in [0.3, 0.4) is 0 Å². The Morgan fingerprint density at radius 2 is 2.33 bits per heavy atom. The van der Waals surface area contributed by atoms with Gasteiger partial charge in [0, 0.05) is 24.4 Å². The monoisotopic (exact) mass is 227 g/mol. The molecule has 1 unspecified atom stereocenters. The maximum Gasteiger partial charge on any atom is 0.180 e. The summed E-state index contributed by atoms with van der Waals surface area (Å²) in [5, 5.41) is 2.72. The fraction of sp³-hybridized carbons (Fsp3) is 0.727. The fourth-order valence-corrected chi connectivity index (χ4v) is 2.18. The van der Waals surface area contributed by atoms with E-state index in [-0.39, 0.29) is 0 Å². The number of hydrogen-bond donors (Lipinski definition) is 1. The highest BCUT2D eigenvalue weighted by molar-refractivity contribution is 7.13. The van der Waals surface area contributed by atoms with Crippen molar-refractivity contribution in [3.8, 4) is 0 Å². The van der Waals surface area contributed by atoms with Gasteiger partial charge in [-0.05, 0) is 20.4 Å². The highest BCUT2D eigenvalue weighted by Crippen LogP contribution is 2.12. The minimum absolute atomic E-state index is 0.658. The van der Waals surface area contributed by atoms with Gasteiger partial charge in [-0.2, -0.15) is 0 Å². The van der Waals surface area contributed by atoms with E-state index in [2.05, 4.69) is 30.8 Å². The third-order valence-electron chi connectivity index (χ3n) is 2.75. The average Bonchev–Trinajstić information content (AvgIpc) is 2.61. The average molecular weight is 227 g/mol. The predicted molar refractivity (Wildman–Crippen MR) is 67.2 cm³/mol. The van der Waals surface area contributed by atoms with Crippen LogP contribution in [0.5, 0.6) is 0 Å². The molecule has 0 aliphatic carbocycles. The van der Waals surface area contributed by atoms with E-state index < -0.39 is 0 Å². The summed E-state index contributed by atoms with van der Waals surface area (Å²) in [4.78, 5) is 6.65. The zero-order chi connectivity index (χ0) is 11.3. The lowest BCUT2D eigenvalue weighted by Crippen LogP contribution is -2.30. The van der Waals surface area contributed by atoms with Gasteiger partial charge in [-0.3, -0.25) is 0 Å². The van der Waals surface area contributed by atoms with Gasteiger partial charge in [0.25, 0.3) is 0 Å². The Labute approximate surface area is 96.3 Å². The van der Waals surface area contributed by atoms with Crippen LogP contribution in [0.25, 0.3) is 0 Å². The molecule has 3 nitrogen and oxygen atoms in total. The molecule has 0 bridgehead atoms. The lowest BCUT2D eigenvalue weighted by atomic mass is 10.1. The largest absolute Gasteiger partial charge is 0.375 e. The maximum absolute atomic E-state index is 5.59. The Morgan fingerprint density at radius 3 is 2.87 bits per heavy atom. The molecule has 2 N–H and O–H groups in total. The standard InChI is InChI=1S/C11H21N3S/c1-4-5-9(2)14(3)7-6-10-8-15-11(12)13-10/h8-9H,4-7H2,1-3H3,(H2,12,13). The number of nitrogens with two attached hydrogens (primary N) is 1. The molecule has 0 radical (unpaired) electrons. The van der Waals surface area contributed by atoms with E-state index in [1.54, 1.807) is 0 Å². The zero-order valence-electron chi connectivity index (χ0n) is 9.86. The molecule has 0 saturated carbocycles. The van der Waals surface area contributed by atoms with E-state index in [0.29, 0.717) is 11.2 Å². The molecule has 0 spiro atoms. The summed E-state index contributed by atoms with van der Waals surface area (Å²) in [7, 11) is 2.18. The molecule has 0 amide bonds. The molecule has 0 fully saturated rings. The summed E-state index contributed by atoms with van der Waals surface area (Å²) in [6, 6.07) is 0.658. The van der Waals surface area contributed by atoms with Gasteiger partial charge >= 0.3 is 0 Å². The summed E-state index contributed by atoms with van der Waals surface area (Å²) < 4.78 is 0. The van der Waals surface area contributed by atoms with E-state index in [1.807, 2.05) is 5.38 Å².